The van der Waals surface area contributed by atoms with Crippen LogP contribution in [0.25, 0.3) is 0 Å². The highest BCUT2D eigenvalue weighted by molar-refractivity contribution is 5.89. The average molecular weight is 395 g/mol. The summed E-state index contributed by atoms with van der Waals surface area (Å²) >= 11 is 0. The van der Waals surface area contributed by atoms with Crippen molar-refractivity contribution in [3.05, 3.63) is 77.5 Å². The van der Waals surface area contributed by atoms with Gasteiger partial charge in [-0.3, -0.25) is 9.84 Å². The van der Waals surface area contributed by atoms with Crippen molar-refractivity contribution in [2.45, 2.75) is 25.9 Å². The molecule has 0 saturated carbocycles. The summed E-state index contributed by atoms with van der Waals surface area (Å²) in [6.07, 6.45) is 2.45. The highest BCUT2D eigenvalue weighted by atomic mass is 16.5. The zero-order chi connectivity index (χ0) is 20.6. The summed E-state index contributed by atoms with van der Waals surface area (Å²) in [5, 5.41) is 9.31. The molecule has 1 unspecified atom stereocenters. The lowest BCUT2D eigenvalue weighted by atomic mass is 10.1. The molecule has 1 aromatic heterocycles. The number of hydrogen-bond donors (Lipinski definition) is 2. The highest BCUT2D eigenvalue weighted by Crippen LogP contribution is 2.10. The average Bonchev–Trinajstić information content (AvgIpc) is 3.21. The first kappa shape index (κ1) is 20.1. The van der Waals surface area contributed by atoms with Crippen molar-refractivity contribution in [1.29, 1.82) is 0 Å². The topological polar surface area (TPSA) is 97.3 Å². The minimum absolute atomic E-state index is 0.0769. The first-order valence-electron chi connectivity index (χ1n) is 9.19. The largest absolute Gasteiger partial charge is 0.465 e. The third kappa shape index (κ3) is 5.65. The van der Waals surface area contributed by atoms with Gasteiger partial charge in [0, 0.05) is 19.9 Å². The van der Waals surface area contributed by atoms with Gasteiger partial charge in [0.1, 0.15) is 0 Å². The molecule has 2 amide bonds. The number of rotatable bonds is 7. The molecule has 2 aromatic carbocycles. The van der Waals surface area contributed by atoms with Crippen LogP contribution in [0.15, 0.2) is 65.3 Å². The summed E-state index contributed by atoms with van der Waals surface area (Å²) < 4.78 is 11.5. The summed E-state index contributed by atoms with van der Waals surface area (Å²) in [6, 6.07) is 16.5. The fourth-order valence-electron chi connectivity index (χ4n) is 2.78. The van der Waals surface area contributed by atoms with E-state index in [1.54, 1.807) is 35.1 Å². The maximum absolute atomic E-state index is 12.1. The number of anilines is 1. The van der Waals surface area contributed by atoms with Crippen LogP contribution in [0.1, 0.15) is 34.5 Å². The van der Waals surface area contributed by atoms with Gasteiger partial charge >= 0.3 is 17.9 Å². The van der Waals surface area contributed by atoms with Crippen molar-refractivity contribution in [3.63, 3.8) is 0 Å². The van der Waals surface area contributed by atoms with Gasteiger partial charge < -0.3 is 10.1 Å². The SMILES string of the molecule is COC(=O)c1ccc(CNC(=O)Nc2c[n+](C(C)Cc3ccccc3)no2)cc1. The molecule has 8 heteroatoms. The Morgan fingerprint density at radius 2 is 1.83 bits per heavy atom. The molecule has 3 rings (SSSR count). The molecule has 29 heavy (non-hydrogen) atoms. The van der Waals surface area contributed by atoms with Gasteiger partial charge in [-0.2, -0.15) is 0 Å². The number of nitrogens with one attached hydrogen (secondary N) is 2. The minimum atomic E-state index is -0.416. The summed E-state index contributed by atoms with van der Waals surface area (Å²) in [6.45, 7) is 2.32. The minimum Gasteiger partial charge on any atom is -0.465 e. The number of carbonyl (C=O) groups is 2. The molecule has 0 radical (unpaired) electrons. The second-order valence-electron chi connectivity index (χ2n) is 6.58. The number of ether oxygens (including phenoxy) is 1. The molecule has 0 spiro atoms. The maximum Gasteiger partial charge on any atom is 0.337 e. The molecule has 1 heterocycles. The van der Waals surface area contributed by atoms with Crippen LogP contribution >= 0.6 is 0 Å². The summed E-state index contributed by atoms with van der Waals surface area (Å²) in [4.78, 5) is 23.5. The fourth-order valence-corrected chi connectivity index (χ4v) is 2.78. The van der Waals surface area contributed by atoms with E-state index in [-0.39, 0.29) is 11.9 Å². The van der Waals surface area contributed by atoms with Crippen LogP contribution in [0, 0.1) is 0 Å². The van der Waals surface area contributed by atoms with Gasteiger partial charge in [-0.1, -0.05) is 42.5 Å². The summed E-state index contributed by atoms with van der Waals surface area (Å²) in [5.41, 5.74) is 2.49. The van der Waals surface area contributed by atoms with Crippen molar-refractivity contribution >= 4 is 17.9 Å². The summed E-state index contributed by atoms with van der Waals surface area (Å²) in [7, 11) is 1.33. The van der Waals surface area contributed by atoms with Crippen molar-refractivity contribution < 1.29 is 23.5 Å². The van der Waals surface area contributed by atoms with Gasteiger partial charge in [0.2, 0.25) is 5.27 Å². The zero-order valence-corrected chi connectivity index (χ0v) is 16.3. The second-order valence-corrected chi connectivity index (χ2v) is 6.58. The van der Waals surface area contributed by atoms with E-state index in [2.05, 4.69) is 32.8 Å². The second kappa shape index (κ2) is 9.50. The Labute approximate surface area is 168 Å². The quantitative estimate of drug-likeness (QED) is 0.474. The molecule has 8 nitrogen and oxygen atoms in total. The smallest absolute Gasteiger partial charge is 0.337 e. The number of nitrogens with zero attached hydrogens (tertiary/aromatic N) is 2. The summed E-state index contributed by atoms with van der Waals surface area (Å²) in [5.74, 6) is -0.147. The van der Waals surface area contributed by atoms with Crippen LogP contribution in [0.5, 0.6) is 0 Å². The third-order valence-corrected chi connectivity index (χ3v) is 4.37. The number of carbonyl (C=O) groups excluding carboxylic acids is 2. The molecule has 0 aliphatic heterocycles. The third-order valence-electron chi connectivity index (χ3n) is 4.37. The number of amides is 2. The first-order valence-corrected chi connectivity index (χ1v) is 9.19. The Morgan fingerprint density at radius 3 is 2.52 bits per heavy atom. The van der Waals surface area contributed by atoms with Gasteiger partial charge in [0.15, 0.2) is 6.04 Å². The number of esters is 1. The Morgan fingerprint density at radius 1 is 1.10 bits per heavy atom. The zero-order valence-electron chi connectivity index (χ0n) is 16.3. The van der Waals surface area contributed by atoms with Crippen molar-refractivity contribution in [2.24, 2.45) is 0 Å². The normalized spacial score (nSPS) is 11.5. The fraction of sp³-hybridized carbons (Fsp3) is 0.238. The first-order chi connectivity index (χ1) is 14.0. The van der Waals surface area contributed by atoms with Gasteiger partial charge in [-0.05, 0) is 27.9 Å². The van der Waals surface area contributed by atoms with Crippen LogP contribution in [-0.4, -0.2) is 24.4 Å². The van der Waals surface area contributed by atoms with E-state index in [0.29, 0.717) is 12.1 Å². The monoisotopic (exact) mass is 395 g/mol. The van der Waals surface area contributed by atoms with Gasteiger partial charge in [-0.25, -0.2) is 9.59 Å². The molecule has 0 saturated heterocycles. The molecule has 0 aliphatic carbocycles. The van der Waals surface area contributed by atoms with Crippen LogP contribution in [0.4, 0.5) is 10.7 Å². The van der Waals surface area contributed by atoms with E-state index < -0.39 is 12.0 Å². The Balaban J connectivity index is 1.49. The number of benzene rings is 2. The van der Waals surface area contributed by atoms with E-state index >= 15 is 0 Å². The van der Waals surface area contributed by atoms with Gasteiger partial charge in [0.05, 0.1) is 12.7 Å². The van der Waals surface area contributed by atoms with Crippen molar-refractivity contribution in [1.82, 2.24) is 10.6 Å². The van der Waals surface area contributed by atoms with Crippen LogP contribution in [0.3, 0.4) is 0 Å². The standard InChI is InChI=1S/C21H22N4O4/c1-15(12-16-6-4-3-5-7-16)25-14-19(29-24-25)23-21(27)22-13-17-8-10-18(11-9-17)20(26)28-2/h3-11,14-15H,12-13H2,1-2H3,(H-,22,23,24,27)/p+1. The number of aromatic nitrogens is 2. The number of urea groups is 1. The lowest BCUT2D eigenvalue weighted by molar-refractivity contribution is -0.782. The lowest BCUT2D eigenvalue weighted by Crippen LogP contribution is -2.40. The predicted molar refractivity (Wildman–Crippen MR) is 105 cm³/mol. The molecule has 0 aliphatic rings. The van der Waals surface area contributed by atoms with Gasteiger partial charge in [0.25, 0.3) is 6.20 Å². The highest BCUT2D eigenvalue weighted by Gasteiger charge is 2.21. The van der Waals surface area contributed by atoms with E-state index in [4.69, 9.17) is 4.52 Å². The van der Waals surface area contributed by atoms with Crippen molar-refractivity contribution in [2.75, 3.05) is 12.4 Å². The molecular weight excluding hydrogens is 372 g/mol. The van der Waals surface area contributed by atoms with E-state index in [0.717, 1.165) is 12.0 Å². The number of methoxy groups -OCH3 is 1. The molecular formula is C21H23N4O4+. The van der Waals surface area contributed by atoms with Crippen LogP contribution < -0.4 is 15.3 Å². The van der Waals surface area contributed by atoms with E-state index in [1.807, 2.05) is 25.1 Å². The molecule has 1 atom stereocenters. The Hall–Kier alpha value is -3.68. The maximum atomic E-state index is 12.1. The van der Waals surface area contributed by atoms with Gasteiger partial charge in [-0.15, -0.1) is 0 Å². The predicted octanol–water partition coefficient (Wildman–Crippen LogP) is 2.87. The number of hydrogen-bond acceptors (Lipinski definition) is 5. The van der Waals surface area contributed by atoms with Crippen molar-refractivity contribution in [3.8, 4) is 0 Å². The van der Waals surface area contributed by atoms with Crippen LogP contribution in [0.2, 0.25) is 0 Å². The lowest BCUT2D eigenvalue weighted by Gasteiger charge is -2.05. The van der Waals surface area contributed by atoms with E-state index in [1.165, 1.54) is 12.7 Å². The molecule has 3 aromatic rings. The molecule has 150 valence electrons. The Kier molecular flexibility index (Phi) is 6.57. The molecule has 2 N–H and O–H groups in total. The molecule has 0 bridgehead atoms. The van der Waals surface area contributed by atoms with E-state index in [9.17, 15) is 9.59 Å². The van der Waals surface area contributed by atoms with Crippen LogP contribution in [-0.2, 0) is 17.7 Å². The molecule has 0 fully saturated rings. The Bertz CT molecular complexity index is 954.